The first kappa shape index (κ1) is 14.1. The molecule has 84 valence electrons. The molecule has 3 nitrogen and oxygen atoms in total. The maximum Gasteiger partial charge on any atom is 0.229 e. The van der Waals surface area contributed by atoms with Crippen LogP contribution < -0.4 is 0 Å². The topological polar surface area (TPSA) is 27.7 Å². The highest BCUT2D eigenvalue weighted by Crippen LogP contribution is 2.10. The largest absolute Gasteiger partial charge is 0.421 e. The zero-order chi connectivity index (χ0) is 11.0. The van der Waals surface area contributed by atoms with E-state index in [1.807, 2.05) is 27.7 Å². The van der Waals surface area contributed by atoms with E-state index in [0.29, 0.717) is 9.76 Å². The van der Waals surface area contributed by atoms with Gasteiger partial charge in [-0.2, -0.15) is 0 Å². The zero-order valence-electron chi connectivity index (χ0n) is 9.87. The lowest BCUT2D eigenvalue weighted by molar-refractivity contribution is -0.181. The van der Waals surface area contributed by atoms with Gasteiger partial charge >= 0.3 is 0 Å². The lowest BCUT2D eigenvalue weighted by Gasteiger charge is -2.22. The van der Waals surface area contributed by atoms with Crippen molar-refractivity contribution in [3.05, 3.63) is 0 Å². The molecule has 14 heavy (non-hydrogen) atoms. The number of rotatable bonds is 8. The fourth-order valence-corrected chi connectivity index (χ4v) is 1.61. The molecule has 0 heterocycles. The van der Waals surface area contributed by atoms with Crippen LogP contribution in [0, 0.1) is 0 Å². The van der Waals surface area contributed by atoms with E-state index in [2.05, 4.69) is 0 Å². The van der Waals surface area contributed by atoms with Crippen molar-refractivity contribution >= 4 is 9.76 Å². The molecule has 0 aromatic heterocycles. The Balaban J connectivity index is 3.72. The van der Waals surface area contributed by atoms with Gasteiger partial charge in [0, 0.05) is 7.11 Å². The van der Waals surface area contributed by atoms with E-state index in [9.17, 15) is 0 Å². The van der Waals surface area contributed by atoms with Gasteiger partial charge in [-0.05, 0) is 40.2 Å². The van der Waals surface area contributed by atoms with Gasteiger partial charge in [0.05, 0.1) is 12.2 Å². The molecular weight excluding hydrogens is 196 g/mol. The van der Waals surface area contributed by atoms with Crippen molar-refractivity contribution in [1.29, 1.82) is 0 Å². The number of hydrogen-bond donors (Lipinski definition) is 0. The summed E-state index contributed by atoms with van der Waals surface area (Å²) in [5, 5.41) is 0. The fourth-order valence-electron chi connectivity index (χ4n) is 1.05. The average Bonchev–Trinajstić information content (AvgIpc) is 2.02. The Morgan fingerprint density at radius 3 is 1.86 bits per heavy atom. The van der Waals surface area contributed by atoms with Crippen molar-refractivity contribution in [3.63, 3.8) is 0 Å². The van der Waals surface area contributed by atoms with Crippen molar-refractivity contribution in [1.82, 2.24) is 0 Å². The lowest BCUT2D eigenvalue weighted by Crippen LogP contribution is -2.25. The monoisotopic (exact) mass is 218 g/mol. The second-order valence-corrected chi connectivity index (χ2v) is 4.88. The molecule has 0 aromatic carbocycles. The minimum absolute atomic E-state index is 0.0855. The van der Waals surface area contributed by atoms with Gasteiger partial charge in [0.1, 0.15) is 0 Å². The molecule has 0 aromatic rings. The second-order valence-electron chi connectivity index (χ2n) is 3.69. The van der Waals surface area contributed by atoms with Crippen LogP contribution in [-0.2, 0) is 13.9 Å². The highest BCUT2D eigenvalue weighted by Gasteiger charge is 2.13. The summed E-state index contributed by atoms with van der Waals surface area (Å²) < 4.78 is 16.3. The van der Waals surface area contributed by atoms with Gasteiger partial charge in [-0.15, -0.1) is 0 Å². The maximum absolute atomic E-state index is 5.63. The van der Waals surface area contributed by atoms with Gasteiger partial charge < -0.3 is 13.9 Å². The van der Waals surface area contributed by atoms with Crippen LogP contribution in [0.15, 0.2) is 0 Å². The van der Waals surface area contributed by atoms with Gasteiger partial charge in [0.2, 0.25) is 9.76 Å². The van der Waals surface area contributed by atoms with E-state index in [1.54, 1.807) is 7.11 Å². The Kier molecular flexibility index (Phi) is 8.47. The van der Waals surface area contributed by atoms with Crippen LogP contribution in [0.25, 0.3) is 0 Å². The molecule has 0 aliphatic rings. The summed E-state index contributed by atoms with van der Waals surface area (Å²) in [7, 11) is 2.26. The molecule has 0 saturated heterocycles. The van der Waals surface area contributed by atoms with Crippen LogP contribution in [-0.4, -0.2) is 35.4 Å². The van der Waals surface area contributed by atoms with Crippen molar-refractivity contribution in [2.75, 3.05) is 7.11 Å². The quantitative estimate of drug-likeness (QED) is 0.355. The molecule has 2 radical (unpaired) electrons. The fraction of sp³-hybridized carbons (Fsp3) is 1.00. The molecule has 0 amide bonds. The second kappa shape index (κ2) is 8.41. The van der Waals surface area contributed by atoms with Gasteiger partial charge in [0.15, 0.2) is 6.29 Å². The summed E-state index contributed by atoms with van der Waals surface area (Å²) in [5.74, 6) is 0. The summed E-state index contributed by atoms with van der Waals surface area (Å²) in [6.45, 7) is 8.09. The minimum atomic E-state index is -0.0855. The van der Waals surface area contributed by atoms with Gasteiger partial charge in [0.25, 0.3) is 0 Å². The predicted octanol–water partition coefficient (Wildman–Crippen LogP) is 2.24. The van der Waals surface area contributed by atoms with Crippen molar-refractivity contribution in [2.45, 2.75) is 58.7 Å². The molecule has 0 unspecified atom stereocenters. The van der Waals surface area contributed by atoms with E-state index < -0.39 is 0 Å². The highest BCUT2D eigenvalue weighted by molar-refractivity contribution is 6.26. The molecule has 0 atom stereocenters. The third-order valence-electron chi connectivity index (χ3n) is 1.47. The van der Waals surface area contributed by atoms with Crippen molar-refractivity contribution < 1.29 is 13.9 Å². The van der Waals surface area contributed by atoms with Gasteiger partial charge in [-0.25, -0.2) is 0 Å². The Morgan fingerprint density at radius 2 is 1.50 bits per heavy atom. The zero-order valence-corrected chi connectivity index (χ0v) is 10.9. The molecule has 0 spiro atoms. The molecule has 4 heteroatoms. The Morgan fingerprint density at radius 1 is 1.00 bits per heavy atom. The van der Waals surface area contributed by atoms with Crippen LogP contribution in [0.4, 0.5) is 0 Å². The molecule has 0 aliphatic heterocycles. The number of ether oxygens (including phenoxy) is 2. The average molecular weight is 218 g/mol. The van der Waals surface area contributed by atoms with E-state index in [1.165, 1.54) is 0 Å². The lowest BCUT2D eigenvalue weighted by atomic mass is 10.4. The van der Waals surface area contributed by atoms with Crippen LogP contribution in [0.3, 0.4) is 0 Å². The summed E-state index contributed by atoms with van der Waals surface area (Å²) in [4.78, 5) is 0. The molecule has 0 saturated carbocycles. The normalized spacial score (nSPS) is 12.0. The summed E-state index contributed by atoms with van der Waals surface area (Å²) >= 11 is 0. The summed E-state index contributed by atoms with van der Waals surface area (Å²) in [6.07, 6.45) is 1.25. The van der Waals surface area contributed by atoms with Crippen LogP contribution >= 0.6 is 0 Å². The SMILES string of the molecule is CO[Si]CCC(OC(C)C)OC(C)C. The number of hydrogen-bond acceptors (Lipinski definition) is 3. The third kappa shape index (κ3) is 8.68. The van der Waals surface area contributed by atoms with Crippen LogP contribution in [0.1, 0.15) is 34.1 Å². The maximum atomic E-state index is 5.63. The molecule has 0 bridgehead atoms. The van der Waals surface area contributed by atoms with E-state index >= 15 is 0 Å². The molecular formula is C10H22O3Si. The standard InChI is InChI=1S/C10H22O3Si/c1-8(2)12-10(13-9(3)4)6-7-14-11-5/h8-10H,6-7H2,1-5H3. The summed E-state index contributed by atoms with van der Waals surface area (Å²) in [5.41, 5.74) is 0. The van der Waals surface area contributed by atoms with Gasteiger partial charge in [-0.1, -0.05) is 0 Å². The Hall–Kier alpha value is 0.0969. The molecule has 0 aliphatic carbocycles. The highest BCUT2D eigenvalue weighted by atomic mass is 28.2. The van der Waals surface area contributed by atoms with Crippen LogP contribution in [0.2, 0.25) is 6.04 Å². The van der Waals surface area contributed by atoms with Crippen molar-refractivity contribution in [3.8, 4) is 0 Å². The Labute approximate surface area is 90.1 Å². The van der Waals surface area contributed by atoms with E-state index in [4.69, 9.17) is 13.9 Å². The first-order chi connectivity index (χ1) is 6.56. The first-order valence-electron chi connectivity index (χ1n) is 5.13. The molecule has 0 fully saturated rings. The van der Waals surface area contributed by atoms with Gasteiger partial charge in [-0.3, -0.25) is 0 Å². The molecule has 0 rings (SSSR count). The summed E-state index contributed by atoms with van der Waals surface area (Å²) in [6, 6.07) is 1.00. The first-order valence-corrected chi connectivity index (χ1v) is 6.24. The minimum Gasteiger partial charge on any atom is -0.421 e. The Bertz CT molecular complexity index is 119. The van der Waals surface area contributed by atoms with E-state index in [-0.39, 0.29) is 18.5 Å². The predicted molar refractivity (Wildman–Crippen MR) is 58.4 cm³/mol. The molecule has 0 N–H and O–H groups in total. The van der Waals surface area contributed by atoms with E-state index in [0.717, 1.165) is 12.5 Å². The van der Waals surface area contributed by atoms with Crippen molar-refractivity contribution in [2.24, 2.45) is 0 Å². The van der Waals surface area contributed by atoms with Crippen LogP contribution in [0.5, 0.6) is 0 Å². The smallest absolute Gasteiger partial charge is 0.229 e. The third-order valence-corrected chi connectivity index (χ3v) is 2.26.